The second-order valence-corrected chi connectivity index (χ2v) is 5.98. The highest BCUT2D eigenvalue weighted by Crippen LogP contribution is 2.33. The monoisotopic (exact) mass is 329 g/mol. The van der Waals surface area contributed by atoms with Crippen LogP contribution in [0.25, 0.3) is 0 Å². The van der Waals surface area contributed by atoms with Crippen LogP contribution in [-0.2, 0) is 6.42 Å². The Morgan fingerprint density at radius 3 is 2.86 bits per heavy atom. The first kappa shape index (κ1) is 15.7. The molecule has 2 aromatic rings. The maximum Gasteiger partial charge on any atom is 0.295 e. The highest BCUT2D eigenvalue weighted by atomic mass is 35.5. The van der Waals surface area contributed by atoms with Gasteiger partial charge in [-0.05, 0) is 19.4 Å². The second kappa shape index (κ2) is 6.36. The van der Waals surface area contributed by atoms with Gasteiger partial charge in [-0.25, -0.2) is 9.37 Å². The molecular weight excluding hydrogens is 317 g/mol. The molecule has 5 nitrogen and oxygen atoms in total. The molecule has 0 spiro atoms. The molecule has 1 unspecified atom stereocenters. The molecule has 21 heavy (non-hydrogen) atoms. The van der Waals surface area contributed by atoms with Crippen LogP contribution in [0.4, 0.5) is 15.8 Å². The van der Waals surface area contributed by atoms with Crippen LogP contribution in [0.1, 0.15) is 29.8 Å². The minimum atomic E-state index is -0.816. The maximum atomic E-state index is 13.4. The van der Waals surface area contributed by atoms with E-state index in [-0.39, 0.29) is 22.4 Å². The number of nitrogens with zero attached hydrogens (tertiary/aromatic N) is 2. The van der Waals surface area contributed by atoms with Gasteiger partial charge in [0.2, 0.25) is 0 Å². The lowest BCUT2D eigenvalue weighted by Gasteiger charge is -2.13. The van der Waals surface area contributed by atoms with E-state index in [9.17, 15) is 14.5 Å². The van der Waals surface area contributed by atoms with Crippen LogP contribution in [-0.4, -0.2) is 9.91 Å². The molecule has 0 saturated heterocycles. The Balaban J connectivity index is 2.29. The first-order valence-corrected chi connectivity index (χ1v) is 7.46. The maximum absolute atomic E-state index is 13.4. The third-order valence-corrected chi connectivity index (χ3v) is 4.51. The van der Waals surface area contributed by atoms with Gasteiger partial charge in [-0.15, -0.1) is 11.3 Å². The van der Waals surface area contributed by atoms with E-state index < -0.39 is 10.7 Å². The van der Waals surface area contributed by atoms with Crippen LogP contribution in [0.3, 0.4) is 0 Å². The van der Waals surface area contributed by atoms with Crippen molar-refractivity contribution in [2.24, 2.45) is 0 Å². The van der Waals surface area contributed by atoms with Crippen LogP contribution in [0.2, 0.25) is 5.02 Å². The minimum absolute atomic E-state index is 0.163. The van der Waals surface area contributed by atoms with Crippen molar-refractivity contribution >= 4 is 34.3 Å². The van der Waals surface area contributed by atoms with Gasteiger partial charge < -0.3 is 5.32 Å². The van der Waals surface area contributed by atoms with Crippen molar-refractivity contribution in [3.63, 3.8) is 0 Å². The average Bonchev–Trinajstić information content (AvgIpc) is 2.91. The lowest BCUT2D eigenvalue weighted by molar-refractivity contribution is -0.384. The molecule has 0 aliphatic carbocycles. The molecule has 2 rings (SSSR count). The van der Waals surface area contributed by atoms with E-state index in [1.807, 2.05) is 13.8 Å². The zero-order valence-electron chi connectivity index (χ0n) is 11.4. The molecule has 0 amide bonds. The first-order chi connectivity index (χ1) is 9.92. The Labute approximate surface area is 129 Å². The standard InChI is InChI=1S/C13H13ClFN3O2S/c1-3-8-6-16-13(21-8)7(2)17-11-4-9(14)10(15)5-12(11)18(19)20/h4-7,17H,3H2,1-2H3. The number of hydrogen-bond acceptors (Lipinski definition) is 5. The lowest BCUT2D eigenvalue weighted by atomic mass is 10.2. The number of halogens is 2. The molecule has 0 aliphatic heterocycles. The average molecular weight is 330 g/mol. The van der Waals surface area contributed by atoms with E-state index in [1.165, 1.54) is 17.4 Å². The number of benzene rings is 1. The summed E-state index contributed by atoms with van der Waals surface area (Å²) in [6.07, 6.45) is 2.66. The quantitative estimate of drug-likeness (QED) is 0.644. The number of nitrogens with one attached hydrogen (secondary N) is 1. The third kappa shape index (κ3) is 3.48. The highest BCUT2D eigenvalue weighted by Gasteiger charge is 2.20. The number of aryl methyl sites for hydroxylation is 1. The van der Waals surface area contributed by atoms with Crippen molar-refractivity contribution in [3.05, 3.63) is 49.2 Å². The highest BCUT2D eigenvalue weighted by molar-refractivity contribution is 7.11. The van der Waals surface area contributed by atoms with Crippen LogP contribution >= 0.6 is 22.9 Å². The van der Waals surface area contributed by atoms with E-state index in [0.29, 0.717) is 0 Å². The molecule has 112 valence electrons. The Morgan fingerprint density at radius 2 is 2.29 bits per heavy atom. The summed E-state index contributed by atoms with van der Waals surface area (Å²) in [6, 6.07) is 1.80. The van der Waals surface area contributed by atoms with Gasteiger partial charge in [0.15, 0.2) is 0 Å². The largest absolute Gasteiger partial charge is 0.370 e. The summed E-state index contributed by atoms with van der Waals surface area (Å²) < 4.78 is 13.4. The number of nitro groups is 1. The molecule has 1 N–H and O–H groups in total. The topological polar surface area (TPSA) is 68.1 Å². The third-order valence-electron chi connectivity index (χ3n) is 2.90. The van der Waals surface area contributed by atoms with E-state index in [0.717, 1.165) is 22.4 Å². The normalized spacial score (nSPS) is 12.2. The predicted molar refractivity (Wildman–Crippen MR) is 81.6 cm³/mol. The van der Waals surface area contributed by atoms with Crippen LogP contribution in [0.5, 0.6) is 0 Å². The summed E-state index contributed by atoms with van der Waals surface area (Å²) in [6.45, 7) is 3.86. The Morgan fingerprint density at radius 1 is 1.57 bits per heavy atom. The van der Waals surface area contributed by atoms with Crippen molar-refractivity contribution in [2.75, 3.05) is 5.32 Å². The fraction of sp³-hybridized carbons (Fsp3) is 0.308. The van der Waals surface area contributed by atoms with Gasteiger partial charge in [-0.1, -0.05) is 18.5 Å². The van der Waals surface area contributed by atoms with Gasteiger partial charge in [-0.3, -0.25) is 10.1 Å². The first-order valence-electron chi connectivity index (χ1n) is 6.27. The van der Waals surface area contributed by atoms with Gasteiger partial charge in [0.25, 0.3) is 5.69 Å². The van der Waals surface area contributed by atoms with Crippen LogP contribution in [0, 0.1) is 15.9 Å². The molecule has 8 heteroatoms. The Kier molecular flexibility index (Phi) is 4.74. The molecule has 1 atom stereocenters. The van der Waals surface area contributed by atoms with Crippen molar-refractivity contribution in [1.82, 2.24) is 4.98 Å². The second-order valence-electron chi connectivity index (χ2n) is 4.42. The molecule has 0 saturated carbocycles. The zero-order chi connectivity index (χ0) is 15.6. The summed E-state index contributed by atoms with van der Waals surface area (Å²) in [5.41, 5.74) is -0.178. The van der Waals surface area contributed by atoms with Crippen LogP contribution in [0.15, 0.2) is 18.3 Å². The molecular formula is C13H13ClFN3O2S. The van der Waals surface area contributed by atoms with Gasteiger partial charge in [-0.2, -0.15) is 0 Å². The number of rotatable bonds is 5. The van der Waals surface area contributed by atoms with Gasteiger partial charge in [0, 0.05) is 11.1 Å². The number of hydrogen-bond donors (Lipinski definition) is 1. The van der Waals surface area contributed by atoms with Gasteiger partial charge in [0.05, 0.1) is 22.1 Å². The van der Waals surface area contributed by atoms with Gasteiger partial charge in [0.1, 0.15) is 16.5 Å². The molecule has 0 bridgehead atoms. The summed E-state index contributed by atoms with van der Waals surface area (Å²) >= 11 is 7.23. The summed E-state index contributed by atoms with van der Waals surface area (Å²) in [5.74, 6) is -0.816. The van der Waals surface area contributed by atoms with Gasteiger partial charge >= 0.3 is 0 Å². The molecule has 1 aromatic carbocycles. The predicted octanol–water partition coefficient (Wildman–Crippen LogP) is 4.58. The Hall–Kier alpha value is -1.73. The molecule has 1 heterocycles. The number of thiazole rings is 1. The molecule has 1 aromatic heterocycles. The summed E-state index contributed by atoms with van der Waals surface area (Å²) in [5, 5.41) is 14.6. The fourth-order valence-corrected chi connectivity index (χ4v) is 2.81. The van der Waals surface area contributed by atoms with Crippen LogP contribution < -0.4 is 5.32 Å². The van der Waals surface area contributed by atoms with E-state index in [4.69, 9.17) is 11.6 Å². The van der Waals surface area contributed by atoms with E-state index in [1.54, 1.807) is 6.20 Å². The number of aromatic nitrogens is 1. The number of nitro benzene ring substituents is 1. The van der Waals surface area contributed by atoms with Crippen molar-refractivity contribution in [2.45, 2.75) is 26.3 Å². The van der Waals surface area contributed by atoms with Crippen molar-refractivity contribution < 1.29 is 9.31 Å². The molecule has 0 aliphatic rings. The summed E-state index contributed by atoms with van der Waals surface area (Å²) in [7, 11) is 0. The number of anilines is 1. The summed E-state index contributed by atoms with van der Waals surface area (Å²) in [4.78, 5) is 15.8. The van der Waals surface area contributed by atoms with E-state index in [2.05, 4.69) is 10.3 Å². The Bertz CT molecular complexity index is 677. The smallest absolute Gasteiger partial charge is 0.295 e. The van der Waals surface area contributed by atoms with E-state index >= 15 is 0 Å². The SMILES string of the molecule is CCc1cnc(C(C)Nc2cc(Cl)c(F)cc2[N+](=O)[O-])s1. The minimum Gasteiger partial charge on any atom is -0.370 e. The van der Waals surface area contributed by atoms with Crippen molar-refractivity contribution in [1.29, 1.82) is 0 Å². The fourth-order valence-electron chi connectivity index (χ4n) is 1.78. The lowest BCUT2D eigenvalue weighted by Crippen LogP contribution is -2.08. The van der Waals surface area contributed by atoms with Crippen molar-refractivity contribution in [3.8, 4) is 0 Å². The molecule has 0 radical (unpaired) electrons. The molecule has 0 fully saturated rings. The zero-order valence-corrected chi connectivity index (χ0v) is 13.0.